The molecule has 0 aliphatic rings. The summed E-state index contributed by atoms with van der Waals surface area (Å²) in [5, 5.41) is 2.67. The van der Waals surface area contributed by atoms with Crippen molar-refractivity contribution in [3.63, 3.8) is 0 Å². The summed E-state index contributed by atoms with van der Waals surface area (Å²) in [6.07, 6.45) is 5.11. The molecule has 4 nitrogen and oxygen atoms in total. The molecule has 1 aromatic rings. The van der Waals surface area contributed by atoms with Crippen LogP contribution in [-0.4, -0.2) is 43.6 Å². The van der Waals surface area contributed by atoms with Gasteiger partial charge in [0.25, 0.3) is 0 Å². The molecule has 0 spiro atoms. The average Bonchev–Trinajstić information content (AvgIpc) is 2.45. The van der Waals surface area contributed by atoms with Crippen molar-refractivity contribution in [1.82, 2.24) is 10.2 Å². The van der Waals surface area contributed by atoms with Crippen molar-refractivity contribution in [3.8, 4) is 18.1 Å². The Kier molecular flexibility index (Phi) is 6.61. The molecule has 0 aliphatic heterocycles. The molecule has 0 bridgehead atoms. The van der Waals surface area contributed by atoms with Crippen molar-refractivity contribution in [1.29, 1.82) is 0 Å². The molecule has 1 rings (SSSR count). The Morgan fingerprint density at radius 2 is 2.10 bits per heavy atom. The number of amides is 1. The van der Waals surface area contributed by atoms with Gasteiger partial charge in [0.15, 0.2) is 0 Å². The monoisotopic (exact) mass is 274 g/mol. The van der Waals surface area contributed by atoms with Gasteiger partial charge in [0, 0.05) is 6.54 Å². The van der Waals surface area contributed by atoms with Gasteiger partial charge in [0.1, 0.15) is 12.4 Å². The van der Waals surface area contributed by atoms with Crippen LogP contribution in [0.5, 0.6) is 5.75 Å². The zero-order chi connectivity index (χ0) is 15.0. The topological polar surface area (TPSA) is 41.6 Å². The Bertz CT molecular complexity index is 462. The number of hydrogen-bond acceptors (Lipinski definition) is 3. The Morgan fingerprint density at radius 1 is 1.45 bits per heavy atom. The van der Waals surface area contributed by atoms with Gasteiger partial charge in [-0.05, 0) is 33.0 Å². The Hall–Kier alpha value is -1.99. The summed E-state index contributed by atoms with van der Waals surface area (Å²) in [7, 11) is 1.89. The van der Waals surface area contributed by atoms with Crippen LogP contribution in [0.25, 0.3) is 0 Å². The Morgan fingerprint density at radius 3 is 2.70 bits per heavy atom. The molecular formula is C16H22N2O2. The first-order valence-corrected chi connectivity index (χ1v) is 6.65. The number of carbonyl (C=O) groups excluding carboxylic acids is 1. The molecule has 0 saturated carbocycles. The molecule has 0 fully saturated rings. The second-order valence-electron chi connectivity index (χ2n) is 4.74. The van der Waals surface area contributed by atoms with E-state index >= 15 is 0 Å². The van der Waals surface area contributed by atoms with E-state index in [2.05, 4.69) is 11.2 Å². The van der Waals surface area contributed by atoms with Gasteiger partial charge in [-0.15, -0.1) is 6.42 Å². The fourth-order valence-corrected chi connectivity index (χ4v) is 1.62. The van der Waals surface area contributed by atoms with Gasteiger partial charge in [-0.25, -0.2) is 0 Å². The highest BCUT2D eigenvalue weighted by molar-refractivity contribution is 5.81. The third-order valence-electron chi connectivity index (χ3n) is 3.14. The van der Waals surface area contributed by atoms with E-state index in [-0.39, 0.29) is 18.5 Å². The maximum absolute atomic E-state index is 11.7. The fraction of sp³-hybridized carbons (Fsp3) is 0.438. The molecule has 0 radical (unpaired) electrons. The predicted molar refractivity (Wildman–Crippen MR) is 80.6 cm³/mol. The zero-order valence-corrected chi connectivity index (χ0v) is 12.3. The molecular weight excluding hydrogens is 252 g/mol. The van der Waals surface area contributed by atoms with Gasteiger partial charge in [-0.1, -0.05) is 23.6 Å². The van der Waals surface area contributed by atoms with E-state index in [1.165, 1.54) is 5.56 Å². The molecule has 1 amide bonds. The summed E-state index contributed by atoms with van der Waals surface area (Å²) in [6, 6.07) is 7.67. The number of hydrogen-bond donors (Lipinski definition) is 1. The minimum atomic E-state index is -0.232. The quantitative estimate of drug-likeness (QED) is 0.765. The van der Waals surface area contributed by atoms with Crippen molar-refractivity contribution in [2.45, 2.75) is 19.9 Å². The van der Waals surface area contributed by atoms with Crippen LogP contribution in [-0.2, 0) is 4.79 Å². The zero-order valence-electron chi connectivity index (χ0n) is 12.3. The first-order chi connectivity index (χ1) is 9.54. The van der Waals surface area contributed by atoms with Crippen LogP contribution < -0.4 is 10.1 Å². The molecule has 0 aromatic heterocycles. The van der Waals surface area contributed by atoms with Crippen LogP contribution >= 0.6 is 0 Å². The number of rotatable bonds is 7. The van der Waals surface area contributed by atoms with E-state index in [9.17, 15) is 4.79 Å². The van der Waals surface area contributed by atoms with Gasteiger partial charge in [-0.2, -0.15) is 0 Å². The van der Waals surface area contributed by atoms with Gasteiger partial charge < -0.3 is 10.1 Å². The SMILES string of the molecule is C#CCNC(=O)C(C)N(C)CCOc1ccc(C)cc1. The molecule has 0 saturated heterocycles. The normalized spacial score (nSPS) is 11.8. The number of benzene rings is 1. The second kappa shape index (κ2) is 8.23. The fourth-order valence-electron chi connectivity index (χ4n) is 1.62. The Labute approximate surface area is 121 Å². The van der Waals surface area contributed by atoms with E-state index < -0.39 is 0 Å². The molecule has 0 heterocycles. The van der Waals surface area contributed by atoms with E-state index in [1.54, 1.807) is 0 Å². The van der Waals surface area contributed by atoms with Gasteiger partial charge in [0.05, 0.1) is 12.6 Å². The highest BCUT2D eigenvalue weighted by Gasteiger charge is 2.16. The summed E-state index contributed by atoms with van der Waals surface area (Å²) in [6.45, 7) is 5.34. The van der Waals surface area contributed by atoms with E-state index in [0.717, 1.165) is 5.75 Å². The molecule has 108 valence electrons. The molecule has 0 aliphatic carbocycles. The number of nitrogens with zero attached hydrogens (tertiary/aromatic N) is 1. The highest BCUT2D eigenvalue weighted by atomic mass is 16.5. The largest absolute Gasteiger partial charge is 0.492 e. The second-order valence-corrected chi connectivity index (χ2v) is 4.74. The third kappa shape index (κ3) is 5.33. The van der Waals surface area contributed by atoms with Crippen LogP contribution in [0.1, 0.15) is 12.5 Å². The van der Waals surface area contributed by atoms with Crippen LogP contribution in [0.15, 0.2) is 24.3 Å². The first kappa shape index (κ1) is 16.1. The van der Waals surface area contributed by atoms with Gasteiger partial charge in [-0.3, -0.25) is 9.69 Å². The predicted octanol–water partition coefficient (Wildman–Crippen LogP) is 1.44. The summed E-state index contributed by atoms with van der Waals surface area (Å²) >= 11 is 0. The van der Waals surface area contributed by atoms with Crippen molar-refractivity contribution >= 4 is 5.91 Å². The Balaban J connectivity index is 2.32. The average molecular weight is 274 g/mol. The molecule has 1 unspecified atom stereocenters. The van der Waals surface area contributed by atoms with Crippen molar-refractivity contribution in [2.75, 3.05) is 26.7 Å². The smallest absolute Gasteiger partial charge is 0.237 e. The van der Waals surface area contributed by atoms with Crippen molar-refractivity contribution in [2.24, 2.45) is 0 Å². The van der Waals surface area contributed by atoms with E-state index in [0.29, 0.717) is 13.2 Å². The van der Waals surface area contributed by atoms with Gasteiger partial charge >= 0.3 is 0 Å². The minimum Gasteiger partial charge on any atom is -0.492 e. The summed E-state index contributed by atoms with van der Waals surface area (Å²) in [5.74, 6) is 3.16. The van der Waals surface area contributed by atoms with Gasteiger partial charge in [0.2, 0.25) is 5.91 Å². The van der Waals surface area contributed by atoms with Crippen LogP contribution in [0.2, 0.25) is 0 Å². The maximum Gasteiger partial charge on any atom is 0.237 e. The maximum atomic E-state index is 11.7. The summed E-state index contributed by atoms with van der Waals surface area (Å²) in [5.41, 5.74) is 1.20. The van der Waals surface area contributed by atoms with Crippen molar-refractivity contribution < 1.29 is 9.53 Å². The lowest BCUT2D eigenvalue weighted by Crippen LogP contribution is -2.44. The molecule has 20 heavy (non-hydrogen) atoms. The first-order valence-electron chi connectivity index (χ1n) is 6.65. The molecule has 1 N–H and O–H groups in total. The van der Waals surface area contributed by atoms with Crippen LogP contribution in [0, 0.1) is 19.3 Å². The van der Waals surface area contributed by atoms with E-state index in [4.69, 9.17) is 11.2 Å². The summed E-state index contributed by atoms with van der Waals surface area (Å²) < 4.78 is 5.64. The number of aryl methyl sites for hydroxylation is 1. The van der Waals surface area contributed by atoms with E-state index in [1.807, 2.05) is 50.1 Å². The van der Waals surface area contributed by atoms with Crippen LogP contribution in [0.3, 0.4) is 0 Å². The summed E-state index contributed by atoms with van der Waals surface area (Å²) in [4.78, 5) is 13.7. The number of carbonyl (C=O) groups is 1. The lowest BCUT2D eigenvalue weighted by molar-refractivity contribution is -0.125. The number of nitrogens with one attached hydrogen (secondary N) is 1. The third-order valence-corrected chi connectivity index (χ3v) is 3.14. The number of ether oxygens (including phenoxy) is 1. The lowest BCUT2D eigenvalue weighted by Gasteiger charge is -2.23. The highest BCUT2D eigenvalue weighted by Crippen LogP contribution is 2.11. The molecule has 4 heteroatoms. The molecule has 1 aromatic carbocycles. The number of terminal acetylenes is 1. The minimum absolute atomic E-state index is 0.0687. The standard InChI is InChI=1S/C16H22N2O2/c1-5-10-17-16(19)14(3)18(4)11-12-20-15-8-6-13(2)7-9-15/h1,6-9,14H,10-12H2,2-4H3,(H,17,19). The number of likely N-dealkylation sites (N-methyl/N-ethyl adjacent to an activating group) is 1. The lowest BCUT2D eigenvalue weighted by atomic mass is 10.2. The molecule has 1 atom stereocenters. The van der Waals surface area contributed by atoms with Crippen LogP contribution in [0.4, 0.5) is 0 Å². The van der Waals surface area contributed by atoms with Crippen molar-refractivity contribution in [3.05, 3.63) is 29.8 Å².